The van der Waals surface area contributed by atoms with Crippen molar-refractivity contribution in [2.24, 2.45) is 0 Å². The van der Waals surface area contributed by atoms with Crippen LogP contribution in [0.15, 0.2) is 42.5 Å². The molecule has 2 rings (SSSR count). The zero-order chi connectivity index (χ0) is 20.4. The van der Waals surface area contributed by atoms with E-state index in [2.05, 4.69) is 41.5 Å². The Balaban J connectivity index is 2.45. The van der Waals surface area contributed by atoms with Crippen molar-refractivity contribution in [1.82, 2.24) is 0 Å². The normalized spacial score (nSPS) is 12.4. The van der Waals surface area contributed by atoms with Crippen LogP contribution < -0.4 is 4.74 Å². The van der Waals surface area contributed by atoms with Crippen LogP contribution in [0.2, 0.25) is 0 Å². The topological polar surface area (TPSA) is 46.5 Å². The molecule has 2 aromatic rings. The van der Waals surface area contributed by atoms with E-state index in [0.29, 0.717) is 17.1 Å². The lowest BCUT2D eigenvalue weighted by Gasteiger charge is -2.27. The molecule has 2 aromatic carbocycles. The van der Waals surface area contributed by atoms with E-state index in [-0.39, 0.29) is 16.6 Å². The minimum atomic E-state index is -0.204. The van der Waals surface area contributed by atoms with E-state index in [1.54, 1.807) is 31.4 Å². The number of carbonyl (C=O) groups is 1. The molecular formula is C24H30O3. The molecule has 0 aliphatic heterocycles. The number of rotatable bonds is 4. The Bertz CT molecular complexity index is 827. The van der Waals surface area contributed by atoms with E-state index in [0.717, 1.165) is 16.7 Å². The van der Waals surface area contributed by atoms with Crippen LogP contribution in [0.5, 0.6) is 11.5 Å². The van der Waals surface area contributed by atoms with Crippen LogP contribution >= 0.6 is 0 Å². The molecule has 0 spiro atoms. The van der Waals surface area contributed by atoms with Crippen molar-refractivity contribution in [2.75, 3.05) is 7.11 Å². The number of allylic oxidation sites excluding steroid dienone is 1. The zero-order valence-corrected chi connectivity index (χ0v) is 17.4. The Morgan fingerprint density at radius 2 is 1.52 bits per heavy atom. The first-order valence-corrected chi connectivity index (χ1v) is 9.18. The molecule has 0 saturated heterocycles. The third kappa shape index (κ3) is 5.00. The van der Waals surface area contributed by atoms with Gasteiger partial charge in [0.15, 0.2) is 5.78 Å². The average Bonchev–Trinajstić information content (AvgIpc) is 2.58. The fourth-order valence-corrected chi connectivity index (χ4v) is 2.94. The summed E-state index contributed by atoms with van der Waals surface area (Å²) in [6.07, 6.45) is 3.38. The second kappa shape index (κ2) is 7.59. The van der Waals surface area contributed by atoms with Crippen LogP contribution in [0.4, 0.5) is 0 Å². The highest BCUT2D eigenvalue weighted by Crippen LogP contribution is 2.40. The van der Waals surface area contributed by atoms with E-state index >= 15 is 0 Å². The van der Waals surface area contributed by atoms with E-state index in [4.69, 9.17) is 4.74 Å². The minimum Gasteiger partial charge on any atom is -0.507 e. The predicted octanol–water partition coefficient (Wildman–Crippen LogP) is 5.89. The fourth-order valence-electron chi connectivity index (χ4n) is 2.94. The van der Waals surface area contributed by atoms with Gasteiger partial charge in [-0.3, -0.25) is 4.79 Å². The number of phenolic OH excluding ortho intramolecular Hbond substituents is 1. The van der Waals surface area contributed by atoms with Gasteiger partial charge >= 0.3 is 0 Å². The van der Waals surface area contributed by atoms with Crippen LogP contribution in [0.25, 0.3) is 6.08 Å². The molecule has 0 aromatic heterocycles. The summed E-state index contributed by atoms with van der Waals surface area (Å²) in [7, 11) is 1.58. The minimum absolute atomic E-state index is 0.0865. The molecule has 0 atom stereocenters. The maximum Gasteiger partial charge on any atom is 0.185 e. The molecular weight excluding hydrogens is 336 g/mol. The zero-order valence-electron chi connectivity index (χ0n) is 17.4. The van der Waals surface area contributed by atoms with Gasteiger partial charge < -0.3 is 9.84 Å². The van der Waals surface area contributed by atoms with Crippen LogP contribution in [0, 0.1) is 0 Å². The Morgan fingerprint density at radius 1 is 0.963 bits per heavy atom. The molecule has 0 radical (unpaired) electrons. The third-order valence-corrected chi connectivity index (χ3v) is 4.53. The Kier molecular flexibility index (Phi) is 5.84. The molecule has 0 bridgehead atoms. The number of hydrogen-bond acceptors (Lipinski definition) is 3. The first kappa shape index (κ1) is 20.8. The Morgan fingerprint density at radius 3 is 2.00 bits per heavy atom. The fraction of sp³-hybridized carbons (Fsp3) is 0.375. The number of benzene rings is 2. The summed E-state index contributed by atoms with van der Waals surface area (Å²) in [5, 5.41) is 10.8. The van der Waals surface area contributed by atoms with Gasteiger partial charge in [-0.05, 0) is 46.7 Å². The molecule has 1 N–H and O–H groups in total. The van der Waals surface area contributed by atoms with Crippen molar-refractivity contribution >= 4 is 11.9 Å². The standard InChI is InChI=1S/C24H30O3/c1-23(2,3)19-13-16(14-20(22(19)26)24(4,5)6)11-12-21(25)17-9-8-10-18(15-17)27-7/h8-15,26H,1-7H3/b12-11+. The SMILES string of the molecule is COc1cccc(C(=O)/C=C/c2cc(C(C)(C)C)c(O)c(C(C)(C)C)c2)c1. The lowest BCUT2D eigenvalue weighted by atomic mass is 9.78. The number of ether oxygens (including phenoxy) is 1. The van der Waals surface area contributed by atoms with Gasteiger partial charge in [-0.25, -0.2) is 0 Å². The third-order valence-electron chi connectivity index (χ3n) is 4.53. The van der Waals surface area contributed by atoms with Gasteiger partial charge in [0, 0.05) is 16.7 Å². The van der Waals surface area contributed by atoms with Crippen LogP contribution in [0.3, 0.4) is 0 Å². The summed E-state index contributed by atoms with van der Waals surface area (Å²) in [4.78, 5) is 12.5. The van der Waals surface area contributed by atoms with E-state index in [1.807, 2.05) is 24.3 Å². The van der Waals surface area contributed by atoms with Gasteiger partial charge in [0.05, 0.1) is 7.11 Å². The smallest absolute Gasteiger partial charge is 0.185 e. The Labute approximate surface area is 162 Å². The van der Waals surface area contributed by atoms with E-state index in [1.165, 1.54) is 0 Å². The van der Waals surface area contributed by atoms with Crippen molar-refractivity contribution in [3.05, 3.63) is 64.7 Å². The number of carbonyl (C=O) groups excluding carboxylic acids is 1. The van der Waals surface area contributed by atoms with Crippen molar-refractivity contribution in [3.8, 4) is 11.5 Å². The first-order chi connectivity index (χ1) is 12.4. The molecule has 0 fully saturated rings. The summed E-state index contributed by atoms with van der Waals surface area (Å²) in [6, 6.07) is 11.0. The van der Waals surface area contributed by atoms with Crippen LogP contribution in [-0.2, 0) is 10.8 Å². The molecule has 0 aliphatic carbocycles. The molecule has 0 heterocycles. The number of phenols is 1. The quantitative estimate of drug-likeness (QED) is 0.542. The largest absolute Gasteiger partial charge is 0.507 e. The van der Waals surface area contributed by atoms with Gasteiger partial charge in [-0.1, -0.05) is 59.8 Å². The Hall–Kier alpha value is -2.55. The molecule has 0 amide bonds. The second-order valence-electron chi connectivity index (χ2n) is 8.89. The molecule has 0 unspecified atom stereocenters. The number of methoxy groups -OCH3 is 1. The van der Waals surface area contributed by atoms with Crippen LogP contribution in [0.1, 0.15) is 68.6 Å². The monoisotopic (exact) mass is 366 g/mol. The highest BCUT2D eigenvalue weighted by molar-refractivity contribution is 6.07. The van der Waals surface area contributed by atoms with E-state index < -0.39 is 0 Å². The van der Waals surface area contributed by atoms with Crippen molar-refractivity contribution in [3.63, 3.8) is 0 Å². The number of hydrogen-bond donors (Lipinski definition) is 1. The summed E-state index contributed by atoms with van der Waals surface area (Å²) >= 11 is 0. The summed E-state index contributed by atoms with van der Waals surface area (Å²) < 4.78 is 5.18. The van der Waals surface area contributed by atoms with Gasteiger partial charge in [0.1, 0.15) is 11.5 Å². The second-order valence-corrected chi connectivity index (χ2v) is 8.89. The van der Waals surface area contributed by atoms with Crippen LogP contribution in [-0.4, -0.2) is 18.0 Å². The average molecular weight is 367 g/mol. The molecule has 27 heavy (non-hydrogen) atoms. The summed E-state index contributed by atoms with van der Waals surface area (Å²) in [5.41, 5.74) is 2.83. The van der Waals surface area contributed by atoms with Crippen molar-refractivity contribution in [1.29, 1.82) is 0 Å². The number of aromatic hydroxyl groups is 1. The van der Waals surface area contributed by atoms with Gasteiger partial charge in [0.25, 0.3) is 0 Å². The molecule has 3 nitrogen and oxygen atoms in total. The molecule has 144 valence electrons. The maximum atomic E-state index is 12.5. The highest BCUT2D eigenvalue weighted by atomic mass is 16.5. The summed E-state index contributed by atoms with van der Waals surface area (Å²) in [5.74, 6) is 0.909. The predicted molar refractivity (Wildman–Crippen MR) is 112 cm³/mol. The molecule has 0 aliphatic rings. The first-order valence-electron chi connectivity index (χ1n) is 9.18. The van der Waals surface area contributed by atoms with Gasteiger partial charge in [0.2, 0.25) is 0 Å². The van der Waals surface area contributed by atoms with Crippen molar-refractivity contribution < 1.29 is 14.6 Å². The van der Waals surface area contributed by atoms with Crippen molar-refractivity contribution in [2.45, 2.75) is 52.4 Å². The van der Waals surface area contributed by atoms with Gasteiger partial charge in [-0.2, -0.15) is 0 Å². The van der Waals surface area contributed by atoms with E-state index in [9.17, 15) is 9.90 Å². The summed E-state index contributed by atoms with van der Waals surface area (Å²) in [6.45, 7) is 12.4. The molecule has 0 saturated carbocycles. The lowest BCUT2D eigenvalue weighted by molar-refractivity contribution is 0.104. The highest BCUT2D eigenvalue weighted by Gasteiger charge is 2.26. The molecule has 3 heteroatoms. The lowest BCUT2D eigenvalue weighted by Crippen LogP contribution is -2.17. The number of ketones is 1. The van der Waals surface area contributed by atoms with Gasteiger partial charge in [-0.15, -0.1) is 0 Å². The maximum absolute atomic E-state index is 12.5.